The number of anilines is 1. The molecule has 1 aliphatic carbocycles. The van der Waals surface area contributed by atoms with Gasteiger partial charge in [0.2, 0.25) is 0 Å². The summed E-state index contributed by atoms with van der Waals surface area (Å²) in [6.45, 7) is 0. The lowest BCUT2D eigenvalue weighted by Gasteiger charge is -2.31. The Kier molecular flexibility index (Phi) is 3.00. The summed E-state index contributed by atoms with van der Waals surface area (Å²) in [5.74, 6) is 1.32. The van der Waals surface area contributed by atoms with Gasteiger partial charge in [-0.15, -0.1) is 12.4 Å². The summed E-state index contributed by atoms with van der Waals surface area (Å²) >= 11 is 0. The third-order valence-electron chi connectivity index (χ3n) is 3.74. The topological polar surface area (TPSA) is 60.4 Å². The van der Waals surface area contributed by atoms with Crippen LogP contribution >= 0.6 is 12.4 Å². The van der Waals surface area contributed by atoms with Crippen molar-refractivity contribution in [2.24, 2.45) is 23.9 Å². The van der Waals surface area contributed by atoms with Crippen LogP contribution in [0.3, 0.4) is 0 Å². The molecule has 0 amide bonds. The molecule has 2 heterocycles. The average molecular weight is 254 g/mol. The van der Waals surface area contributed by atoms with Gasteiger partial charge < -0.3 is 10.3 Å². The highest BCUT2D eigenvalue weighted by molar-refractivity contribution is 6.15. The number of aromatic nitrogens is 1. The SMILES string of the molecule is Cl.Cn1cc(N)c2c1N=CC(C1CCC1)C2=O. The maximum absolute atomic E-state index is 12.3. The largest absolute Gasteiger partial charge is 0.397 e. The Morgan fingerprint density at radius 1 is 1.47 bits per heavy atom. The molecule has 0 radical (unpaired) electrons. The number of aliphatic imine (C=N–C) groups is 1. The van der Waals surface area contributed by atoms with E-state index in [4.69, 9.17) is 5.73 Å². The molecular formula is C12H16ClN3O. The minimum atomic E-state index is -0.0362. The number of fused-ring (bicyclic) bond motifs is 1. The van der Waals surface area contributed by atoms with Gasteiger partial charge >= 0.3 is 0 Å². The fourth-order valence-corrected chi connectivity index (χ4v) is 2.57. The van der Waals surface area contributed by atoms with Crippen LogP contribution in [-0.2, 0) is 7.05 Å². The number of halogens is 1. The van der Waals surface area contributed by atoms with Gasteiger partial charge in [-0.2, -0.15) is 0 Å². The van der Waals surface area contributed by atoms with Gasteiger partial charge in [0.05, 0.1) is 17.2 Å². The Labute approximate surface area is 106 Å². The molecular weight excluding hydrogens is 238 g/mol. The minimum Gasteiger partial charge on any atom is -0.397 e. The third kappa shape index (κ3) is 1.67. The number of carbonyl (C=O) groups is 1. The lowest BCUT2D eigenvalue weighted by atomic mass is 9.73. The summed E-state index contributed by atoms with van der Waals surface area (Å²) in [6.07, 6.45) is 7.10. The molecule has 0 bridgehead atoms. The quantitative estimate of drug-likeness (QED) is 0.835. The second kappa shape index (κ2) is 4.18. The summed E-state index contributed by atoms with van der Waals surface area (Å²) < 4.78 is 1.82. The molecule has 1 unspecified atom stereocenters. The van der Waals surface area contributed by atoms with Crippen LogP contribution < -0.4 is 5.73 Å². The molecule has 17 heavy (non-hydrogen) atoms. The highest BCUT2D eigenvalue weighted by atomic mass is 35.5. The first-order valence-electron chi connectivity index (χ1n) is 5.71. The summed E-state index contributed by atoms with van der Waals surface area (Å²) in [5, 5.41) is 0. The van der Waals surface area contributed by atoms with Gasteiger partial charge in [0.25, 0.3) is 0 Å². The van der Waals surface area contributed by atoms with Crippen molar-refractivity contribution in [2.45, 2.75) is 19.3 Å². The molecule has 4 nitrogen and oxygen atoms in total. The van der Waals surface area contributed by atoms with Crippen molar-refractivity contribution in [3.63, 3.8) is 0 Å². The highest BCUT2D eigenvalue weighted by Gasteiger charge is 2.36. The molecule has 0 aromatic carbocycles. The first-order valence-corrected chi connectivity index (χ1v) is 5.71. The van der Waals surface area contributed by atoms with E-state index in [1.807, 2.05) is 17.8 Å². The fourth-order valence-electron chi connectivity index (χ4n) is 2.57. The Hall–Kier alpha value is -1.29. The Morgan fingerprint density at radius 2 is 2.18 bits per heavy atom. The molecule has 0 saturated heterocycles. The third-order valence-corrected chi connectivity index (χ3v) is 3.74. The minimum absolute atomic E-state index is 0. The number of carbonyl (C=O) groups excluding carboxylic acids is 1. The van der Waals surface area contributed by atoms with Gasteiger partial charge in [0.1, 0.15) is 5.82 Å². The number of hydrogen-bond donors (Lipinski definition) is 1. The van der Waals surface area contributed by atoms with E-state index in [0.717, 1.165) is 12.8 Å². The number of nitrogens with two attached hydrogens (primary N) is 1. The number of Topliss-reactive ketones (excluding diaryl/α,β-unsaturated/α-hetero) is 1. The number of hydrogen-bond acceptors (Lipinski definition) is 3. The van der Waals surface area contributed by atoms with Crippen molar-refractivity contribution in [2.75, 3.05) is 5.73 Å². The average Bonchev–Trinajstić information content (AvgIpc) is 2.44. The van der Waals surface area contributed by atoms with Crippen LogP contribution in [0, 0.1) is 11.8 Å². The van der Waals surface area contributed by atoms with Gasteiger partial charge in [-0.1, -0.05) is 6.42 Å². The number of nitrogens with zero attached hydrogens (tertiary/aromatic N) is 2. The fraction of sp³-hybridized carbons (Fsp3) is 0.500. The van der Waals surface area contributed by atoms with Crippen molar-refractivity contribution >= 4 is 35.9 Å². The van der Waals surface area contributed by atoms with Gasteiger partial charge in [-0.05, 0) is 18.8 Å². The molecule has 2 N–H and O–H groups in total. The van der Waals surface area contributed by atoms with E-state index in [9.17, 15) is 4.79 Å². The molecule has 92 valence electrons. The first kappa shape index (κ1) is 12.2. The second-order valence-electron chi connectivity index (χ2n) is 4.75. The second-order valence-corrected chi connectivity index (χ2v) is 4.75. The Balaban J connectivity index is 0.00000108. The molecule has 3 rings (SSSR count). The van der Waals surface area contributed by atoms with E-state index in [-0.39, 0.29) is 24.1 Å². The standard InChI is InChI=1S/C12H15N3O.ClH/c1-15-6-9(13)10-11(16)8(5-14-12(10)15)7-3-2-4-7;/h5-8H,2-4,13H2,1H3;1H. The molecule has 1 aromatic rings. The molecule has 1 fully saturated rings. The predicted molar refractivity (Wildman–Crippen MR) is 70.4 cm³/mol. The van der Waals surface area contributed by atoms with Gasteiger partial charge in [-0.25, -0.2) is 4.99 Å². The van der Waals surface area contributed by atoms with Crippen molar-refractivity contribution in [1.29, 1.82) is 0 Å². The maximum Gasteiger partial charge on any atom is 0.177 e. The van der Waals surface area contributed by atoms with Gasteiger partial charge in [0, 0.05) is 19.5 Å². The Bertz CT molecular complexity index is 488. The molecule has 1 aliphatic heterocycles. The molecule has 1 saturated carbocycles. The zero-order valence-electron chi connectivity index (χ0n) is 9.72. The first-order chi connectivity index (χ1) is 7.68. The summed E-state index contributed by atoms with van der Waals surface area (Å²) in [6, 6.07) is 0. The van der Waals surface area contributed by atoms with Gasteiger partial charge in [0.15, 0.2) is 5.78 Å². The number of nitrogen functional groups attached to an aromatic ring is 1. The van der Waals surface area contributed by atoms with Crippen LogP contribution in [0.5, 0.6) is 0 Å². The van der Waals surface area contributed by atoms with Crippen molar-refractivity contribution in [3.8, 4) is 0 Å². The number of aryl methyl sites for hydroxylation is 1. The maximum atomic E-state index is 12.3. The summed E-state index contributed by atoms with van der Waals surface area (Å²) in [4.78, 5) is 16.7. The number of ketones is 1. The zero-order chi connectivity index (χ0) is 11.3. The molecule has 5 heteroatoms. The van der Waals surface area contributed by atoms with E-state index >= 15 is 0 Å². The van der Waals surface area contributed by atoms with Crippen molar-refractivity contribution < 1.29 is 4.79 Å². The van der Waals surface area contributed by atoms with Crippen LogP contribution in [0.2, 0.25) is 0 Å². The lowest BCUT2D eigenvalue weighted by molar-refractivity contribution is 0.0886. The summed E-state index contributed by atoms with van der Waals surface area (Å²) in [7, 11) is 1.86. The van der Waals surface area contributed by atoms with E-state index in [1.165, 1.54) is 6.42 Å². The molecule has 1 atom stereocenters. The molecule has 2 aliphatic rings. The van der Waals surface area contributed by atoms with Crippen LogP contribution in [0.1, 0.15) is 29.6 Å². The van der Waals surface area contributed by atoms with E-state index < -0.39 is 0 Å². The van der Waals surface area contributed by atoms with E-state index in [1.54, 1.807) is 6.20 Å². The smallest absolute Gasteiger partial charge is 0.177 e. The van der Waals surface area contributed by atoms with Crippen molar-refractivity contribution in [3.05, 3.63) is 11.8 Å². The lowest BCUT2D eigenvalue weighted by Crippen LogP contribution is -2.32. The normalized spacial score (nSPS) is 22.9. The monoisotopic (exact) mass is 253 g/mol. The van der Waals surface area contributed by atoms with Crippen molar-refractivity contribution in [1.82, 2.24) is 4.57 Å². The van der Waals surface area contributed by atoms with Gasteiger partial charge in [-0.3, -0.25) is 4.79 Å². The predicted octanol–water partition coefficient (Wildman–Crippen LogP) is 2.34. The molecule has 1 aromatic heterocycles. The van der Waals surface area contributed by atoms with Crippen LogP contribution in [0.4, 0.5) is 11.5 Å². The number of rotatable bonds is 1. The van der Waals surface area contributed by atoms with E-state index in [0.29, 0.717) is 23.0 Å². The molecule has 0 spiro atoms. The highest BCUT2D eigenvalue weighted by Crippen LogP contribution is 2.40. The van der Waals surface area contributed by atoms with E-state index in [2.05, 4.69) is 4.99 Å². The van der Waals surface area contributed by atoms with Crippen LogP contribution in [0.25, 0.3) is 0 Å². The van der Waals surface area contributed by atoms with Crippen LogP contribution in [-0.4, -0.2) is 16.6 Å². The Morgan fingerprint density at radius 3 is 2.76 bits per heavy atom. The van der Waals surface area contributed by atoms with Crippen LogP contribution in [0.15, 0.2) is 11.2 Å². The summed E-state index contributed by atoms with van der Waals surface area (Å²) in [5.41, 5.74) is 7.04. The zero-order valence-corrected chi connectivity index (χ0v) is 10.5.